The van der Waals surface area contributed by atoms with E-state index in [1.54, 1.807) is 6.20 Å². The Morgan fingerprint density at radius 1 is 0.745 bits per heavy atom. The van der Waals surface area contributed by atoms with Crippen LogP contribution in [-0.4, -0.2) is 41.6 Å². The molecule has 0 saturated carbocycles. The van der Waals surface area contributed by atoms with Crippen molar-refractivity contribution in [3.05, 3.63) is 72.4 Å². The Morgan fingerprint density at radius 2 is 1.37 bits per heavy atom. The summed E-state index contributed by atoms with van der Waals surface area (Å²) >= 11 is 0. The number of pyridine rings is 1. The maximum absolute atomic E-state index is 12.9. The number of hydrogen-bond donors (Lipinski definition) is 1. The molecule has 3 rings (SSSR count). The molecule has 0 amide bonds. The summed E-state index contributed by atoms with van der Waals surface area (Å²) in [5.41, 5.74) is 4.78. The second-order valence-corrected chi connectivity index (χ2v) is 13.8. The van der Waals surface area contributed by atoms with Crippen molar-refractivity contribution in [1.29, 1.82) is 0 Å². The zero-order chi connectivity index (χ0) is 36.7. The van der Waals surface area contributed by atoms with Crippen LogP contribution in [0.15, 0.2) is 66.9 Å². The number of rotatable bonds is 27. The van der Waals surface area contributed by atoms with Gasteiger partial charge < -0.3 is 14.6 Å². The summed E-state index contributed by atoms with van der Waals surface area (Å²) in [5, 5.41) is 9.24. The van der Waals surface area contributed by atoms with Crippen molar-refractivity contribution in [2.45, 2.75) is 148 Å². The molecule has 51 heavy (non-hydrogen) atoms. The summed E-state index contributed by atoms with van der Waals surface area (Å²) in [7, 11) is 0. The minimum absolute atomic E-state index is 0.0204. The molecule has 5 nitrogen and oxygen atoms in total. The zero-order valence-electron chi connectivity index (χ0n) is 30.9. The molecule has 0 bridgehead atoms. The van der Waals surface area contributed by atoms with E-state index in [0.29, 0.717) is 32.3 Å². The van der Waals surface area contributed by atoms with Gasteiger partial charge in [-0.2, -0.15) is 13.2 Å². The van der Waals surface area contributed by atoms with Crippen LogP contribution in [0.4, 0.5) is 13.2 Å². The van der Waals surface area contributed by atoms with Crippen LogP contribution in [0.5, 0.6) is 5.75 Å². The van der Waals surface area contributed by atoms with Gasteiger partial charge in [-0.1, -0.05) is 126 Å². The number of aliphatic carboxylic acids is 1. The lowest BCUT2D eigenvalue weighted by atomic mass is 9.86. The van der Waals surface area contributed by atoms with E-state index >= 15 is 0 Å². The van der Waals surface area contributed by atoms with Gasteiger partial charge in [-0.05, 0) is 79.8 Å². The molecule has 2 atom stereocenters. The summed E-state index contributed by atoms with van der Waals surface area (Å²) in [5.74, 6) is -0.174. The standard InChI is InChI=1S/C43H60F3NO4/c1-3-4-5-6-7-8-9-10-11-12-13-14-18-30-51-38-27-29-41(47-33-38)40-32-37(26-28-39(40)36-21-16-15-17-22-36)35(23-19-25-42(48)49)24-20-31-50-34(2)43(44,45)46/h15-17,21-22,26-29,32-35H,3-14,18-20,23-25,30-31H2,1-2H3,(H,48,49). The lowest BCUT2D eigenvalue weighted by molar-refractivity contribution is -0.214. The van der Waals surface area contributed by atoms with Crippen LogP contribution in [0, 0.1) is 0 Å². The first-order chi connectivity index (χ1) is 24.7. The first-order valence-electron chi connectivity index (χ1n) is 19.4. The molecule has 2 unspecified atom stereocenters. The lowest BCUT2D eigenvalue weighted by Gasteiger charge is -2.21. The lowest BCUT2D eigenvalue weighted by Crippen LogP contribution is -2.28. The molecular weight excluding hydrogens is 651 g/mol. The van der Waals surface area contributed by atoms with Crippen molar-refractivity contribution >= 4 is 5.97 Å². The van der Waals surface area contributed by atoms with Gasteiger partial charge in [0.15, 0.2) is 6.10 Å². The number of unbranched alkanes of at least 4 members (excludes halogenated alkanes) is 12. The molecular formula is C43H60F3NO4. The van der Waals surface area contributed by atoms with Gasteiger partial charge in [0.1, 0.15) is 5.75 Å². The van der Waals surface area contributed by atoms with Crippen molar-refractivity contribution in [2.75, 3.05) is 13.2 Å². The Kier molecular flexibility index (Phi) is 19.7. The van der Waals surface area contributed by atoms with E-state index in [4.69, 9.17) is 14.5 Å². The first kappa shape index (κ1) is 42.0. The highest BCUT2D eigenvalue weighted by Gasteiger charge is 2.36. The predicted molar refractivity (Wildman–Crippen MR) is 201 cm³/mol. The van der Waals surface area contributed by atoms with Gasteiger partial charge in [-0.15, -0.1) is 0 Å². The van der Waals surface area contributed by atoms with Crippen LogP contribution in [0.1, 0.15) is 141 Å². The number of carboxylic acids is 1. The number of halogens is 3. The van der Waals surface area contributed by atoms with E-state index in [1.165, 1.54) is 70.6 Å². The number of carboxylic acid groups (broad SMARTS) is 1. The maximum atomic E-state index is 12.9. The molecule has 2 aromatic carbocycles. The van der Waals surface area contributed by atoms with Crippen molar-refractivity contribution in [1.82, 2.24) is 4.98 Å². The number of alkyl halides is 3. The molecule has 0 fully saturated rings. The molecule has 1 heterocycles. The van der Waals surface area contributed by atoms with E-state index in [9.17, 15) is 23.1 Å². The first-order valence-corrected chi connectivity index (χ1v) is 19.4. The van der Waals surface area contributed by atoms with Crippen LogP contribution in [0.2, 0.25) is 0 Å². The molecule has 0 spiro atoms. The molecule has 0 saturated heterocycles. The SMILES string of the molecule is CCCCCCCCCCCCCCCOc1ccc(-c2cc(C(CCCOC(C)C(F)(F)F)CCCC(=O)O)ccc2-c2ccccc2)nc1. The van der Waals surface area contributed by atoms with Gasteiger partial charge in [0.05, 0.1) is 18.5 Å². The van der Waals surface area contributed by atoms with Crippen molar-refractivity contribution < 1.29 is 32.5 Å². The van der Waals surface area contributed by atoms with Gasteiger partial charge >= 0.3 is 12.1 Å². The Bertz CT molecular complexity index is 1360. The summed E-state index contributed by atoms with van der Waals surface area (Å²) in [6, 6.07) is 20.2. The largest absolute Gasteiger partial charge is 0.492 e. The second kappa shape index (κ2) is 24.0. The third kappa shape index (κ3) is 16.7. The average molecular weight is 712 g/mol. The van der Waals surface area contributed by atoms with E-state index < -0.39 is 18.2 Å². The zero-order valence-corrected chi connectivity index (χ0v) is 30.9. The van der Waals surface area contributed by atoms with Gasteiger partial charge in [0.25, 0.3) is 0 Å². The third-order valence-corrected chi connectivity index (χ3v) is 9.60. The molecule has 0 aliphatic rings. The second-order valence-electron chi connectivity index (χ2n) is 13.8. The van der Waals surface area contributed by atoms with E-state index in [0.717, 1.165) is 53.5 Å². The topological polar surface area (TPSA) is 68.7 Å². The molecule has 1 aromatic heterocycles. The quantitative estimate of drug-likeness (QED) is 0.0797. The fourth-order valence-corrected chi connectivity index (χ4v) is 6.49. The predicted octanol–water partition coefficient (Wildman–Crippen LogP) is 13.0. The van der Waals surface area contributed by atoms with E-state index in [1.807, 2.05) is 36.4 Å². The summed E-state index contributed by atoms with van der Waals surface area (Å²) in [4.78, 5) is 16.1. The normalized spacial score (nSPS) is 12.9. The van der Waals surface area contributed by atoms with Crippen molar-refractivity contribution in [3.63, 3.8) is 0 Å². The molecule has 282 valence electrons. The van der Waals surface area contributed by atoms with Crippen LogP contribution in [0.3, 0.4) is 0 Å². The number of hydrogen-bond acceptors (Lipinski definition) is 4. The highest BCUT2D eigenvalue weighted by molar-refractivity contribution is 5.82. The van der Waals surface area contributed by atoms with Gasteiger partial charge in [-0.25, -0.2) is 0 Å². The van der Waals surface area contributed by atoms with Gasteiger partial charge in [-0.3, -0.25) is 9.78 Å². The molecule has 0 aliphatic heterocycles. The minimum atomic E-state index is -4.40. The molecule has 0 aliphatic carbocycles. The fraction of sp³-hybridized carbons (Fsp3) is 0.581. The maximum Gasteiger partial charge on any atom is 0.414 e. The van der Waals surface area contributed by atoms with E-state index in [2.05, 4.69) is 31.2 Å². The Hall–Kier alpha value is -3.39. The molecule has 0 radical (unpaired) electrons. The third-order valence-electron chi connectivity index (χ3n) is 9.60. The summed E-state index contributed by atoms with van der Waals surface area (Å²) in [6.45, 7) is 3.92. The molecule has 8 heteroatoms. The van der Waals surface area contributed by atoms with E-state index in [-0.39, 0.29) is 18.9 Å². The molecule has 1 N–H and O–H groups in total. The summed E-state index contributed by atoms with van der Waals surface area (Å²) in [6.07, 6.45) is 14.6. The smallest absolute Gasteiger partial charge is 0.414 e. The Labute approximate surface area is 304 Å². The number of benzene rings is 2. The van der Waals surface area contributed by atoms with Crippen molar-refractivity contribution in [2.24, 2.45) is 0 Å². The minimum Gasteiger partial charge on any atom is -0.492 e. The number of ether oxygens (including phenoxy) is 2. The van der Waals surface area contributed by atoms with Gasteiger partial charge in [0, 0.05) is 18.6 Å². The number of aromatic nitrogens is 1. The fourth-order valence-electron chi connectivity index (χ4n) is 6.49. The van der Waals surface area contributed by atoms with Crippen LogP contribution >= 0.6 is 0 Å². The highest BCUT2D eigenvalue weighted by atomic mass is 19.4. The monoisotopic (exact) mass is 711 g/mol. The summed E-state index contributed by atoms with van der Waals surface area (Å²) < 4.78 is 49.9. The average Bonchev–Trinajstić information content (AvgIpc) is 3.12. The van der Waals surface area contributed by atoms with Crippen LogP contribution in [-0.2, 0) is 9.53 Å². The molecule has 3 aromatic rings. The Balaban J connectivity index is 1.59. The van der Waals surface area contributed by atoms with Crippen LogP contribution in [0.25, 0.3) is 22.4 Å². The Morgan fingerprint density at radius 3 is 1.96 bits per heavy atom. The highest BCUT2D eigenvalue weighted by Crippen LogP contribution is 2.37. The number of nitrogens with zero attached hydrogens (tertiary/aromatic N) is 1. The number of carbonyl (C=O) groups is 1. The van der Waals surface area contributed by atoms with Crippen LogP contribution < -0.4 is 4.74 Å². The van der Waals surface area contributed by atoms with Crippen molar-refractivity contribution in [3.8, 4) is 28.1 Å². The van der Waals surface area contributed by atoms with Gasteiger partial charge in [0.2, 0.25) is 0 Å².